The molecule has 8 heteroatoms. The quantitative estimate of drug-likeness (QED) is 0.558. The molecule has 3 heterocycles. The minimum absolute atomic E-state index is 0.0139. The zero-order chi connectivity index (χ0) is 22.9. The highest BCUT2D eigenvalue weighted by atomic mass is 32.1. The SMILES string of the molecule is Cc1ccc(C(=O)Nc2nc3c(s2)c(C(=O)CN2CCCCCC2)nn3C(C)(C)C)cc1. The predicted octanol–water partition coefficient (Wildman–Crippen LogP) is 4.87. The number of ketones is 1. The van der Waals surface area contributed by atoms with Gasteiger partial charge in [-0.15, -0.1) is 0 Å². The van der Waals surface area contributed by atoms with E-state index in [9.17, 15) is 9.59 Å². The Kier molecular flexibility index (Phi) is 6.44. The van der Waals surface area contributed by atoms with Crippen LogP contribution in [-0.2, 0) is 5.54 Å². The molecular formula is C24H31N5O2S. The van der Waals surface area contributed by atoms with Gasteiger partial charge in [-0.1, -0.05) is 41.9 Å². The van der Waals surface area contributed by atoms with Gasteiger partial charge in [0.15, 0.2) is 16.6 Å². The first-order valence-electron chi connectivity index (χ1n) is 11.3. The van der Waals surface area contributed by atoms with Crippen molar-refractivity contribution >= 4 is 38.5 Å². The fraction of sp³-hybridized carbons (Fsp3) is 0.500. The lowest BCUT2D eigenvalue weighted by Crippen LogP contribution is -2.31. The fourth-order valence-electron chi connectivity index (χ4n) is 3.95. The normalized spacial score (nSPS) is 15.6. The molecule has 3 aromatic rings. The summed E-state index contributed by atoms with van der Waals surface area (Å²) in [5, 5.41) is 8.04. The Hall–Kier alpha value is -2.58. The topological polar surface area (TPSA) is 80.1 Å². The zero-order valence-corrected chi connectivity index (χ0v) is 20.1. The highest BCUT2D eigenvalue weighted by molar-refractivity contribution is 7.22. The second-order valence-corrected chi connectivity index (χ2v) is 10.5. The Labute approximate surface area is 192 Å². The molecule has 1 aromatic carbocycles. The highest BCUT2D eigenvalue weighted by Gasteiger charge is 2.28. The van der Waals surface area contributed by atoms with E-state index >= 15 is 0 Å². The van der Waals surface area contributed by atoms with E-state index < -0.39 is 0 Å². The van der Waals surface area contributed by atoms with E-state index in [1.165, 1.54) is 24.2 Å². The number of likely N-dealkylation sites (tertiary alicyclic amines) is 1. The van der Waals surface area contributed by atoms with Crippen LogP contribution in [0.5, 0.6) is 0 Å². The lowest BCUT2D eigenvalue weighted by atomic mass is 10.1. The summed E-state index contributed by atoms with van der Waals surface area (Å²) in [6, 6.07) is 7.41. The average molecular weight is 454 g/mol. The van der Waals surface area contributed by atoms with Gasteiger partial charge in [0.1, 0.15) is 10.4 Å². The maximum atomic E-state index is 13.2. The molecule has 1 aliphatic rings. The number of nitrogens with zero attached hydrogens (tertiary/aromatic N) is 4. The summed E-state index contributed by atoms with van der Waals surface area (Å²) in [6.45, 7) is 10.4. The number of rotatable bonds is 5. The Morgan fingerprint density at radius 3 is 2.34 bits per heavy atom. The molecule has 0 aliphatic carbocycles. The first-order chi connectivity index (χ1) is 15.2. The lowest BCUT2D eigenvalue weighted by molar-refractivity contribution is 0.0927. The second kappa shape index (κ2) is 9.11. The molecule has 0 bridgehead atoms. The van der Waals surface area contributed by atoms with Crippen molar-refractivity contribution in [2.24, 2.45) is 0 Å². The van der Waals surface area contributed by atoms with Crippen LogP contribution in [0.4, 0.5) is 5.13 Å². The van der Waals surface area contributed by atoms with Crippen molar-refractivity contribution in [3.05, 3.63) is 41.1 Å². The number of amides is 1. The largest absolute Gasteiger partial charge is 0.298 e. The number of anilines is 1. The Balaban J connectivity index is 1.62. The van der Waals surface area contributed by atoms with E-state index in [0.29, 0.717) is 28.6 Å². The molecule has 32 heavy (non-hydrogen) atoms. The number of benzene rings is 1. The van der Waals surface area contributed by atoms with Gasteiger partial charge in [-0.2, -0.15) is 10.1 Å². The molecule has 0 unspecified atom stereocenters. The standard InChI is InChI=1S/C24H31N5O2S/c1-16-9-11-17(12-10-16)22(31)26-23-25-21-20(32-23)19(27-29(21)24(2,3)4)18(30)15-28-13-7-5-6-8-14-28/h9-12H,5-8,13-15H2,1-4H3,(H,25,26,31). The number of aryl methyl sites for hydroxylation is 1. The first kappa shape index (κ1) is 22.6. The van der Waals surface area contributed by atoms with Crippen LogP contribution in [0.3, 0.4) is 0 Å². The molecule has 2 aromatic heterocycles. The number of Topliss-reactive ketones (excluding diaryl/α,β-unsaturated/α-hetero) is 1. The van der Waals surface area contributed by atoms with Gasteiger partial charge in [0.25, 0.3) is 5.91 Å². The third kappa shape index (κ3) is 4.91. The summed E-state index contributed by atoms with van der Waals surface area (Å²) < 4.78 is 2.54. The van der Waals surface area contributed by atoms with Crippen molar-refractivity contribution in [3.63, 3.8) is 0 Å². The molecule has 1 fully saturated rings. The number of hydrogen-bond acceptors (Lipinski definition) is 6. The predicted molar refractivity (Wildman–Crippen MR) is 129 cm³/mol. The van der Waals surface area contributed by atoms with Crippen LogP contribution in [-0.4, -0.2) is 51.0 Å². The molecule has 7 nitrogen and oxygen atoms in total. The summed E-state index contributed by atoms with van der Waals surface area (Å²) in [6.07, 6.45) is 4.72. The molecule has 1 aliphatic heterocycles. The van der Waals surface area contributed by atoms with E-state index in [1.807, 2.05) is 39.8 Å². The Morgan fingerprint density at radius 1 is 1.06 bits per heavy atom. The van der Waals surface area contributed by atoms with Gasteiger partial charge < -0.3 is 0 Å². The number of aromatic nitrogens is 3. The fourth-order valence-corrected chi connectivity index (χ4v) is 4.90. The first-order valence-corrected chi connectivity index (χ1v) is 12.1. The van der Waals surface area contributed by atoms with E-state index in [2.05, 4.69) is 20.3 Å². The smallest absolute Gasteiger partial charge is 0.257 e. The summed E-state index contributed by atoms with van der Waals surface area (Å²) >= 11 is 1.32. The maximum absolute atomic E-state index is 13.2. The van der Waals surface area contributed by atoms with Gasteiger partial charge in [0, 0.05) is 5.56 Å². The van der Waals surface area contributed by atoms with Crippen LogP contribution in [0.2, 0.25) is 0 Å². The van der Waals surface area contributed by atoms with Gasteiger partial charge in [-0.3, -0.25) is 19.8 Å². The van der Waals surface area contributed by atoms with Crippen molar-refractivity contribution in [1.29, 1.82) is 0 Å². The number of hydrogen-bond donors (Lipinski definition) is 1. The summed E-state index contributed by atoms with van der Waals surface area (Å²) in [5.41, 5.74) is 2.42. The summed E-state index contributed by atoms with van der Waals surface area (Å²) in [5.74, 6) is -0.200. The van der Waals surface area contributed by atoms with Crippen LogP contribution < -0.4 is 5.32 Å². The minimum atomic E-state index is -0.342. The van der Waals surface area contributed by atoms with Crippen molar-refractivity contribution in [3.8, 4) is 0 Å². The molecule has 170 valence electrons. The number of carbonyl (C=O) groups is 2. The van der Waals surface area contributed by atoms with E-state index in [4.69, 9.17) is 0 Å². The minimum Gasteiger partial charge on any atom is -0.298 e. The second-order valence-electron chi connectivity index (χ2n) is 9.54. The molecule has 0 saturated carbocycles. The van der Waals surface area contributed by atoms with Crippen molar-refractivity contribution in [2.45, 2.75) is 58.9 Å². The molecule has 0 radical (unpaired) electrons. The van der Waals surface area contributed by atoms with Gasteiger partial charge in [-0.25, -0.2) is 4.68 Å². The van der Waals surface area contributed by atoms with Crippen LogP contribution in [0.1, 0.15) is 72.9 Å². The third-order valence-electron chi connectivity index (χ3n) is 5.72. The van der Waals surface area contributed by atoms with Crippen LogP contribution >= 0.6 is 11.3 Å². The van der Waals surface area contributed by atoms with Crippen molar-refractivity contribution in [2.75, 3.05) is 25.0 Å². The van der Waals surface area contributed by atoms with Gasteiger partial charge >= 0.3 is 0 Å². The summed E-state index contributed by atoms with van der Waals surface area (Å²) in [4.78, 5) is 32.8. The summed E-state index contributed by atoms with van der Waals surface area (Å²) in [7, 11) is 0. The molecule has 1 amide bonds. The number of carbonyl (C=O) groups excluding carboxylic acids is 2. The van der Waals surface area contributed by atoms with Crippen molar-refractivity contribution in [1.82, 2.24) is 19.7 Å². The highest BCUT2D eigenvalue weighted by Crippen LogP contribution is 2.33. The van der Waals surface area contributed by atoms with Gasteiger partial charge in [-0.05, 0) is 65.8 Å². The number of nitrogens with one attached hydrogen (secondary N) is 1. The number of thiazole rings is 1. The molecule has 0 atom stereocenters. The average Bonchev–Trinajstić information content (AvgIpc) is 3.17. The molecule has 1 saturated heterocycles. The number of fused-ring (bicyclic) bond motifs is 1. The van der Waals surface area contributed by atoms with Crippen LogP contribution in [0.25, 0.3) is 10.3 Å². The zero-order valence-electron chi connectivity index (χ0n) is 19.3. The van der Waals surface area contributed by atoms with E-state index in [1.54, 1.807) is 16.8 Å². The monoisotopic (exact) mass is 453 g/mol. The molecular weight excluding hydrogens is 422 g/mol. The molecule has 0 spiro atoms. The van der Waals surface area contributed by atoms with Crippen LogP contribution in [0, 0.1) is 6.92 Å². The van der Waals surface area contributed by atoms with Gasteiger partial charge in [0.05, 0.1) is 12.1 Å². The van der Waals surface area contributed by atoms with Crippen LogP contribution in [0.15, 0.2) is 24.3 Å². The third-order valence-corrected chi connectivity index (χ3v) is 6.69. The van der Waals surface area contributed by atoms with Gasteiger partial charge in [0.2, 0.25) is 0 Å². The molecule has 4 rings (SSSR count). The van der Waals surface area contributed by atoms with E-state index in [-0.39, 0.29) is 17.2 Å². The van der Waals surface area contributed by atoms with E-state index in [0.717, 1.165) is 36.2 Å². The maximum Gasteiger partial charge on any atom is 0.257 e. The van der Waals surface area contributed by atoms with Crippen molar-refractivity contribution < 1.29 is 9.59 Å². The lowest BCUT2D eigenvalue weighted by Gasteiger charge is -2.20. The molecule has 1 N–H and O–H groups in total. The Morgan fingerprint density at radius 2 is 1.72 bits per heavy atom. The Bertz CT molecular complexity index is 1120.